The molecule has 0 bridgehead atoms. The molecule has 1 amide bonds. The molecule has 9 heteroatoms. The number of benzene rings is 1. The summed E-state index contributed by atoms with van der Waals surface area (Å²) < 4.78 is 10.5. The molecule has 2 aliphatic heterocycles. The van der Waals surface area contributed by atoms with Crippen LogP contribution < -0.4 is 4.90 Å². The van der Waals surface area contributed by atoms with E-state index in [1.165, 1.54) is 14.2 Å². The van der Waals surface area contributed by atoms with Gasteiger partial charge in [-0.05, 0) is 57.4 Å². The van der Waals surface area contributed by atoms with Crippen molar-refractivity contribution in [3.05, 3.63) is 42.9 Å². The lowest BCUT2D eigenvalue weighted by atomic mass is 9.82. The zero-order valence-electron chi connectivity index (χ0n) is 19.8. The third kappa shape index (κ3) is 4.38. The highest BCUT2D eigenvalue weighted by molar-refractivity contribution is 8.29. The Morgan fingerprint density at radius 1 is 1.00 bits per heavy atom. The number of carbonyl (C=O) groups excluding carboxylic acids is 3. The molecule has 0 unspecified atom stereocenters. The number of amides is 1. The molecule has 2 heterocycles. The van der Waals surface area contributed by atoms with Crippen LogP contribution in [0.4, 0.5) is 5.69 Å². The van der Waals surface area contributed by atoms with Gasteiger partial charge >= 0.3 is 11.9 Å². The number of carbonyl (C=O) groups is 3. The summed E-state index contributed by atoms with van der Waals surface area (Å²) in [6, 6.07) is 4.04. The first-order valence-electron chi connectivity index (χ1n) is 10.5. The lowest BCUT2D eigenvalue weighted by Crippen LogP contribution is -2.56. The van der Waals surface area contributed by atoms with Crippen molar-refractivity contribution in [2.45, 2.75) is 53.0 Å². The van der Waals surface area contributed by atoms with Gasteiger partial charge in [-0.15, -0.1) is 0 Å². The molecule has 3 rings (SSSR count). The van der Waals surface area contributed by atoms with E-state index in [9.17, 15) is 14.4 Å². The highest BCUT2D eigenvalue weighted by Crippen LogP contribution is 2.56. The summed E-state index contributed by atoms with van der Waals surface area (Å²) in [6.45, 7) is 9.85. The second-order valence-electron chi connectivity index (χ2n) is 8.33. The maximum atomic E-state index is 13.2. The Balaban J connectivity index is 2.28. The first kappa shape index (κ1) is 25.5. The molecule has 6 nitrogen and oxygen atoms in total. The minimum atomic E-state index is -0.779. The molecule has 33 heavy (non-hydrogen) atoms. The molecule has 0 aromatic heterocycles. The summed E-state index contributed by atoms with van der Waals surface area (Å²) in [5.74, 6) is -1.21. The Hall–Kier alpha value is -2.10. The molecular formula is C24H27NO5S3. The Kier molecular flexibility index (Phi) is 7.45. The SMILES string of the molecule is CCCC(=O)N1c2cc(C)c(C)cc2C(=C2SC(C(=O)OC)=C(C(=O)OC)S2)C(=S)C1(C)C. The van der Waals surface area contributed by atoms with Crippen molar-refractivity contribution in [3.8, 4) is 0 Å². The van der Waals surface area contributed by atoms with Crippen LogP contribution in [0, 0.1) is 13.8 Å². The Morgan fingerprint density at radius 2 is 1.52 bits per heavy atom. The molecule has 176 valence electrons. The van der Waals surface area contributed by atoms with E-state index >= 15 is 0 Å². The van der Waals surface area contributed by atoms with E-state index in [4.69, 9.17) is 21.7 Å². The van der Waals surface area contributed by atoms with Crippen LogP contribution in [0.1, 0.15) is 50.3 Å². The van der Waals surface area contributed by atoms with Gasteiger partial charge < -0.3 is 14.4 Å². The van der Waals surface area contributed by atoms with Crippen LogP contribution in [0.5, 0.6) is 0 Å². The maximum Gasteiger partial charge on any atom is 0.346 e. The van der Waals surface area contributed by atoms with Crippen LogP contribution in [0.15, 0.2) is 26.2 Å². The fourth-order valence-electron chi connectivity index (χ4n) is 3.85. The molecule has 1 aromatic carbocycles. The van der Waals surface area contributed by atoms with E-state index in [0.717, 1.165) is 57.9 Å². The number of aryl methyl sites for hydroxylation is 2. The monoisotopic (exact) mass is 505 g/mol. The molecule has 0 saturated heterocycles. The van der Waals surface area contributed by atoms with Crippen LogP contribution in [0.3, 0.4) is 0 Å². The lowest BCUT2D eigenvalue weighted by Gasteiger charge is -2.45. The molecule has 0 aliphatic carbocycles. The number of rotatable bonds is 4. The molecule has 0 spiro atoms. The smallest absolute Gasteiger partial charge is 0.346 e. The van der Waals surface area contributed by atoms with Gasteiger partial charge in [-0.1, -0.05) is 42.7 Å². The second-order valence-corrected chi connectivity index (χ2v) is 11.0. The fourth-order valence-corrected chi connectivity index (χ4v) is 6.88. The van der Waals surface area contributed by atoms with Crippen LogP contribution in [-0.4, -0.2) is 42.5 Å². The summed E-state index contributed by atoms with van der Waals surface area (Å²) >= 11 is 8.28. The van der Waals surface area contributed by atoms with Gasteiger partial charge in [0.2, 0.25) is 5.91 Å². The Morgan fingerprint density at radius 3 is 2.00 bits per heavy atom. The average Bonchev–Trinajstić information content (AvgIpc) is 3.20. The predicted molar refractivity (Wildman–Crippen MR) is 138 cm³/mol. The molecule has 0 fully saturated rings. The lowest BCUT2D eigenvalue weighted by molar-refractivity contribution is -0.138. The van der Waals surface area contributed by atoms with Crippen molar-refractivity contribution in [1.29, 1.82) is 0 Å². The van der Waals surface area contributed by atoms with Gasteiger partial charge in [0, 0.05) is 17.6 Å². The molecule has 0 radical (unpaired) electrons. The summed E-state index contributed by atoms with van der Waals surface area (Å²) in [7, 11) is 2.54. The van der Waals surface area contributed by atoms with E-state index in [2.05, 4.69) is 0 Å². The number of ether oxygens (including phenoxy) is 2. The van der Waals surface area contributed by atoms with Gasteiger partial charge in [-0.25, -0.2) is 9.59 Å². The Bertz CT molecular complexity index is 1100. The number of thiocarbonyl (C=S) groups is 1. The van der Waals surface area contributed by atoms with Gasteiger partial charge in [-0.2, -0.15) is 0 Å². The number of fused-ring (bicyclic) bond motifs is 1. The molecular weight excluding hydrogens is 478 g/mol. The van der Waals surface area contributed by atoms with Crippen molar-refractivity contribution in [2.75, 3.05) is 19.1 Å². The van der Waals surface area contributed by atoms with Gasteiger partial charge in [0.15, 0.2) is 0 Å². The third-order valence-corrected chi connectivity index (χ3v) is 8.98. The highest BCUT2D eigenvalue weighted by Gasteiger charge is 2.46. The standard InChI is InChI=1S/C24H27NO5S3/c1-8-9-16(26)25-15-11-13(3)12(2)10-14(15)17(20(31)24(25,4)5)23-32-18(21(27)29-6)19(33-23)22(28)30-7/h10-11H,8-9H2,1-7H3. The number of hydrogen-bond donors (Lipinski definition) is 0. The quantitative estimate of drug-likeness (QED) is 0.310. The third-order valence-electron chi connectivity index (χ3n) is 5.72. The predicted octanol–water partition coefficient (Wildman–Crippen LogP) is 5.30. The zero-order chi connectivity index (χ0) is 24.7. The first-order chi connectivity index (χ1) is 15.5. The van der Waals surface area contributed by atoms with E-state index in [-0.39, 0.29) is 15.7 Å². The van der Waals surface area contributed by atoms with Crippen LogP contribution in [-0.2, 0) is 23.9 Å². The second kappa shape index (κ2) is 9.64. The van der Waals surface area contributed by atoms with Crippen molar-refractivity contribution in [3.63, 3.8) is 0 Å². The van der Waals surface area contributed by atoms with Crippen molar-refractivity contribution in [2.24, 2.45) is 0 Å². The van der Waals surface area contributed by atoms with Gasteiger partial charge in [0.1, 0.15) is 9.81 Å². The minimum Gasteiger partial charge on any atom is -0.465 e. The molecule has 0 atom stereocenters. The topological polar surface area (TPSA) is 72.9 Å². The van der Waals surface area contributed by atoms with E-state index < -0.39 is 17.5 Å². The van der Waals surface area contributed by atoms with E-state index in [0.29, 0.717) is 15.5 Å². The van der Waals surface area contributed by atoms with Gasteiger partial charge in [0.25, 0.3) is 0 Å². The van der Waals surface area contributed by atoms with Crippen LogP contribution in [0.25, 0.3) is 5.57 Å². The summed E-state index contributed by atoms with van der Waals surface area (Å²) in [6.07, 6.45) is 1.14. The minimum absolute atomic E-state index is 0.00811. The van der Waals surface area contributed by atoms with Gasteiger partial charge in [-0.3, -0.25) is 4.79 Å². The summed E-state index contributed by atoms with van der Waals surface area (Å²) in [5, 5.41) is 0. The van der Waals surface area contributed by atoms with Crippen molar-refractivity contribution >= 4 is 69.7 Å². The molecule has 1 aromatic rings. The number of esters is 2. The van der Waals surface area contributed by atoms with Crippen LogP contribution >= 0.6 is 35.7 Å². The number of nitrogens with zero attached hydrogens (tertiary/aromatic N) is 1. The normalized spacial score (nSPS) is 17.3. The van der Waals surface area contributed by atoms with E-state index in [1.807, 2.05) is 46.8 Å². The molecule has 2 aliphatic rings. The first-order valence-corrected chi connectivity index (χ1v) is 12.5. The number of hydrogen-bond acceptors (Lipinski definition) is 8. The molecule has 0 N–H and O–H groups in total. The van der Waals surface area contributed by atoms with Gasteiger partial charge in [0.05, 0.1) is 34.5 Å². The average molecular weight is 506 g/mol. The number of thioether (sulfide) groups is 2. The van der Waals surface area contributed by atoms with Crippen molar-refractivity contribution < 1.29 is 23.9 Å². The summed E-state index contributed by atoms with van der Waals surface area (Å²) in [5.41, 5.74) is 3.69. The zero-order valence-corrected chi connectivity index (χ0v) is 22.2. The fraction of sp³-hybridized carbons (Fsp3) is 0.417. The highest BCUT2D eigenvalue weighted by atomic mass is 32.2. The number of anilines is 1. The largest absolute Gasteiger partial charge is 0.465 e. The van der Waals surface area contributed by atoms with Crippen molar-refractivity contribution in [1.82, 2.24) is 0 Å². The van der Waals surface area contributed by atoms with E-state index in [1.54, 1.807) is 4.90 Å². The maximum absolute atomic E-state index is 13.2. The molecule has 0 saturated carbocycles. The summed E-state index contributed by atoms with van der Waals surface area (Å²) in [4.78, 5) is 40.8. The number of methoxy groups -OCH3 is 2. The Labute approximate surface area is 208 Å². The van der Waals surface area contributed by atoms with Crippen LogP contribution in [0.2, 0.25) is 0 Å².